The fraction of sp³-hybridized carbons (Fsp3) is 0.0526. The molecular formula is C19H14N2O2. The predicted molar refractivity (Wildman–Crippen MR) is 90.8 cm³/mol. The number of fused-ring (bicyclic) bond motifs is 2. The summed E-state index contributed by atoms with van der Waals surface area (Å²) < 4.78 is 1.73. The molecule has 0 saturated carbocycles. The quantitative estimate of drug-likeness (QED) is 0.747. The van der Waals surface area contributed by atoms with Gasteiger partial charge in [-0.3, -0.25) is 4.79 Å². The fourth-order valence-corrected chi connectivity index (χ4v) is 3.07. The molecule has 2 heterocycles. The van der Waals surface area contributed by atoms with Gasteiger partial charge in [0.2, 0.25) is 11.7 Å². The highest BCUT2D eigenvalue weighted by molar-refractivity contribution is 6.56. The van der Waals surface area contributed by atoms with Crippen LogP contribution in [0.15, 0.2) is 66.2 Å². The second-order valence-corrected chi connectivity index (χ2v) is 5.42. The Kier molecular flexibility index (Phi) is 2.91. The smallest absolute Gasteiger partial charge is 0.214 e. The van der Waals surface area contributed by atoms with E-state index in [2.05, 4.69) is 11.6 Å². The van der Waals surface area contributed by atoms with Crippen molar-refractivity contribution in [2.75, 3.05) is 0 Å². The number of para-hydroxylation sites is 2. The molecule has 1 aliphatic rings. The van der Waals surface area contributed by atoms with Crippen LogP contribution in [-0.4, -0.2) is 21.2 Å². The first kappa shape index (κ1) is 13.5. The van der Waals surface area contributed by atoms with Crippen molar-refractivity contribution in [1.29, 1.82) is 0 Å². The van der Waals surface area contributed by atoms with Crippen LogP contribution in [0.4, 0.5) is 5.69 Å². The number of aliphatic imine (C=N–C) groups is 1. The summed E-state index contributed by atoms with van der Waals surface area (Å²) in [5.41, 5.74) is 2.85. The number of hydrogen-bond acceptors (Lipinski definition) is 3. The standard InChI is InChI=1S/C19H14N2O2/c1-2-11-21-15-10-6-4-8-13(15)16(19(21)23)17-18(22)12-7-3-5-9-14(12)20-17/h2-10,23H,1,11H2. The van der Waals surface area contributed by atoms with Gasteiger partial charge in [0, 0.05) is 17.5 Å². The lowest BCUT2D eigenvalue weighted by Crippen LogP contribution is -2.11. The Bertz CT molecular complexity index is 996. The maximum Gasteiger partial charge on any atom is 0.214 e. The Morgan fingerprint density at radius 3 is 2.65 bits per heavy atom. The molecule has 112 valence electrons. The number of benzene rings is 2. The number of allylic oxidation sites excluding steroid dienone is 1. The number of carbonyl (C=O) groups is 1. The van der Waals surface area contributed by atoms with Gasteiger partial charge in [0.25, 0.3) is 0 Å². The van der Waals surface area contributed by atoms with Crippen LogP contribution in [0.3, 0.4) is 0 Å². The number of carbonyl (C=O) groups excluding carboxylic acids is 1. The lowest BCUT2D eigenvalue weighted by molar-refractivity contribution is 0.107. The molecule has 0 aliphatic carbocycles. The molecule has 2 aromatic carbocycles. The van der Waals surface area contributed by atoms with E-state index in [1.165, 1.54) is 0 Å². The van der Waals surface area contributed by atoms with E-state index in [0.717, 1.165) is 10.9 Å². The molecule has 0 radical (unpaired) electrons. The Hall–Kier alpha value is -3.14. The van der Waals surface area contributed by atoms with Crippen LogP contribution in [0.1, 0.15) is 15.9 Å². The van der Waals surface area contributed by atoms with Crippen LogP contribution in [0.2, 0.25) is 0 Å². The van der Waals surface area contributed by atoms with E-state index in [1.54, 1.807) is 22.8 Å². The summed E-state index contributed by atoms with van der Waals surface area (Å²) in [6, 6.07) is 14.8. The molecular weight excluding hydrogens is 288 g/mol. The number of ketones is 1. The first-order chi connectivity index (χ1) is 11.2. The second-order valence-electron chi connectivity index (χ2n) is 5.42. The average molecular weight is 302 g/mol. The summed E-state index contributed by atoms with van der Waals surface area (Å²) in [5, 5.41) is 11.5. The van der Waals surface area contributed by atoms with E-state index >= 15 is 0 Å². The van der Waals surface area contributed by atoms with Gasteiger partial charge in [-0.15, -0.1) is 6.58 Å². The highest BCUT2D eigenvalue weighted by Gasteiger charge is 2.30. The zero-order chi connectivity index (χ0) is 16.0. The molecule has 1 aromatic heterocycles. The van der Waals surface area contributed by atoms with Crippen LogP contribution in [0.25, 0.3) is 10.9 Å². The van der Waals surface area contributed by atoms with Crippen molar-refractivity contribution in [2.24, 2.45) is 4.99 Å². The van der Waals surface area contributed by atoms with Crippen LogP contribution >= 0.6 is 0 Å². The highest BCUT2D eigenvalue weighted by atomic mass is 16.3. The summed E-state index contributed by atoms with van der Waals surface area (Å²) in [4.78, 5) is 17.1. The summed E-state index contributed by atoms with van der Waals surface area (Å²) >= 11 is 0. The zero-order valence-electron chi connectivity index (χ0n) is 12.4. The van der Waals surface area contributed by atoms with Crippen LogP contribution < -0.4 is 0 Å². The van der Waals surface area contributed by atoms with Gasteiger partial charge in [-0.05, 0) is 18.2 Å². The number of aromatic hydroxyl groups is 1. The van der Waals surface area contributed by atoms with E-state index in [0.29, 0.717) is 29.1 Å². The number of hydrogen-bond donors (Lipinski definition) is 1. The third-order valence-electron chi connectivity index (χ3n) is 4.09. The van der Waals surface area contributed by atoms with Gasteiger partial charge >= 0.3 is 0 Å². The molecule has 4 nitrogen and oxygen atoms in total. The van der Waals surface area contributed by atoms with Crippen LogP contribution in [0, 0.1) is 0 Å². The molecule has 4 rings (SSSR count). The van der Waals surface area contributed by atoms with Gasteiger partial charge in [0.05, 0.1) is 16.8 Å². The van der Waals surface area contributed by atoms with Gasteiger partial charge < -0.3 is 9.67 Å². The minimum Gasteiger partial charge on any atom is -0.494 e. The molecule has 0 saturated heterocycles. The Morgan fingerprint density at radius 2 is 1.87 bits per heavy atom. The second kappa shape index (κ2) is 4.95. The zero-order valence-corrected chi connectivity index (χ0v) is 12.4. The Labute approximate surface area is 133 Å². The number of nitrogens with zero attached hydrogens (tertiary/aromatic N) is 2. The van der Waals surface area contributed by atoms with Crippen LogP contribution in [-0.2, 0) is 6.54 Å². The summed E-state index contributed by atoms with van der Waals surface area (Å²) in [6.45, 7) is 4.19. The molecule has 0 bridgehead atoms. The molecule has 1 N–H and O–H groups in total. The normalized spacial score (nSPS) is 13.2. The third kappa shape index (κ3) is 1.85. The van der Waals surface area contributed by atoms with Crippen molar-refractivity contribution in [1.82, 2.24) is 4.57 Å². The van der Waals surface area contributed by atoms with Crippen LogP contribution in [0.5, 0.6) is 5.88 Å². The molecule has 0 fully saturated rings. The molecule has 0 atom stereocenters. The number of rotatable bonds is 3. The fourth-order valence-electron chi connectivity index (χ4n) is 3.07. The highest BCUT2D eigenvalue weighted by Crippen LogP contribution is 2.37. The van der Waals surface area contributed by atoms with Crippen molar-refractivity contribution >= 4 is 28.1 Å². The minimum absolute atomic E-state index is 0.0472. The van der Waals surface area contributed by atoms with Gasteiger partial charge in [-0.25, -0.2) is 4.99 Å². The summed E-state index contributed by atoms with van der Waals surface area (Å²) in [7, 11) is 0. The molecule has 0 unspecified atom stereocenters. The average Bonchev–Trinajstić information content (AvgIpc) is 3.04. The monoisotopic (exact) mass is 302 g/mol. The Morgan fingerprint density at radius 1 is 1.13 bits per heavy atom. The SMILES string of the molecule is C=CCn1c(O)c(C2=Nc3ccccc3C2=O)c2ccccc21. The maximum atomic E-state index is 12.7. The molecule has 3 aromatic rings. The third-order valence-corrected chi connectivity index (χ3v) is 4.09. The van der Waals surface area contributed by atoms with E-state index in [4.69, 9.17) is 0 Å². The molecule has 23 heavy (non-hydrogen) atoms. The van der Waals surface area contributed by atoms with Crippen molar-refractivity contribution < 1.29 is 9.90 Å². The van der Waals surface area contributed by atoms with Gasteiger partial charge in [-0.1, -0.05) is 36.4 Å². The summed E-state index contributed by atoms with van der Waals surface area (Å²) in [6.07, 6.45) is 1.71. The van der Waals surface area contributed by atoms with Gasteiger partial charge in [0.15, 0.2) is 0 Å². The topological polar surface area (TPSA) is 54.6 Å². The minimum atomic E-state index is -0.155. The first-order valence-corrected chi connectivity index (χ1v) is 7.36. The molecule has 0 amide bonds. The molecule has 1 aliphatic heterocycles. The lowest BCUT2D eigenvalue weighted by Gasteiger charge is -2.03. The predicted octanol–water partition coefficient (Wildman–Crippen LogP) is 3.85. The molecule has 4 heteroatoms. The first-order valence-electron chi connectivity index (χ1n) is 7.36. The largest absolute Gasteiger partial charge is 0.494 e. The van der Waals surface area contributed by atoms with Gasteiger partial charge in [0.1, 0.15) is 5.71 Å². The number of Topliss-reactive ketones (excluding diaryl/α,β-unsaturated/α-hetero) is 1. The van der Waals surface area contributed by atoms with Crippen molar-refractivity contribution in [3.8, 4) is 5.88 Å². The van der Waals surface area contributed by atoms with Crippen molar-refractivity contribution in [3.05, 3.63) is 72.3 Å². The summed E-state index contributed by atoms with van der Waals surface area (Å²) in [5.74, 6) is -0.108. The van der Waals surface area contributed by atoms with E-state index in [1.807, 2.05) is 36.4 Å². The van der Waals surface area contributed by atoms with Crippen molar-refractivity contribution in [2.45, 2.75) is 6.54 Å². The number of aromatic nitrogens is 1. The van der Waals surface area contributed by atoms with E-state index in [9.17, 15) is 9.90 Å². The maximum absolute atomic E-state index is 12.7. The van der Waals surface area contributed by atoms with Crippen molar-refractivity contribution in [3.63, 3.8) is 0 Å². The molecule has 0 spiro atoms. The lowest BCUT2D eigenvalue weighted by atomic mass is 10.0. The van der Waals surface area contributed by atoms with Gasteiger partial charge in [-0.2, -0.15) is 0 Å². The Balaban J connectivity index is 2.00. The van der Waals surface area contributed by atoms with E-state index in [-0.39, 0.29) is 11.7 Å². The van der Waals surface area contributed by atoms with E-state index < -0.39 is 0 Å².